The molecule has 0 fully saturated rings. The summed E-state index contributed by atoms with van der Waals surface area (Å²) in [6.45, 7) is 3.82. The second-order valence-corrected chi connectivity index (χ2v) is 6.25. The molecule has 6 heteroatoms. The fourth-order valence-corrected chi connectivity index (χ4v) is 3.11. The molecule has 2 rings (SSSR count). The van der Waals surface area contributed by atoms with Gasteiger partial charge in [0.1, 0.15) is 5.15 Å². The molecule has 1 aromatic carbocycles. The molecule has 0 amide bonds. The number of aryl methyl sites for hydroxylation is 1. The van der Waals surface area contributed by atoms with E-state index in [-0.39, 0.29) is 16.8 Å². The van der Waals surface area contributed by atoms with Crippen LogP contribution in [0.5, 0.6) is 0 Å². The summed E-state index contributed by atoms with van der Waals surface area (Å²) in [5, 5.41) is 0.0847. The summed E-state index contributed by atoms with van der Waals surface area (Å²) in [6, 6.07) is 7.29. The Morgan fingerprint density at radius 3 is 2.48 bits per heavy atom. The molecule has 0 spiro atoms. The number of H-pyrrole nitrogens is 1. The van der Waals surface area contributed by atoms with E-state index in [0.717, 1.165) is 5.56 Å². The van der Waals surface area contributed by atoms with Crippen molar-refractivity contribution in [2.24, 2.45) is 0 Å². The van der Waals surface area contributed by atoms with Gasteiger partial charge in [-0.1, -0.05) is 41.4 Å². The average Bonchev–Trinajstić information content (AvgIpc) is 2.40. The van der Waals surface area contributed by atoms with Crippen molar-refractivity contribution in [3.63, 3.8) is 0 Å². The summed E-state index contributed by atoms with van der Waals surface area (Å²) in [5.41, 5.74) is 1.31. The minimum absolute atomic E-state index is 0.0847. The van der Waals surface area contributed by atoms with Crippen LogP contribution < -0.4 is 11.2 Å². The Bertz CT molecular complexity index is 750. The number of thioether (sulfide) groups is 1. The Hall–Kier alpha value is -1.46. The summed E-state index contributed by atoms with van der Waals surface area (Å²) in [5.74, 6) is 0.679. The molecule has 1 heterocycles. The van der Waals surface area contributed by atoms with E-state index in [9.17, 15) is 9.59 Å². The van der Waals surface area contributed by atoms with Crippen molar-refractivity contribution in [2.75, 3.05) is 12.0 Å². The molecule has 0 aliphatic carbocycles. The zero-order valence-corrected chi connectivity index (χ0v) is 13.7. The van der Waals surface area contributed by atoms with Gasteiger partial charge in [0.15, 0.2) is 0 Å². The van der Waals surface area contributed by atoms with Gasteiger partial charge in [0.05, 0.1) is 5.56 Å². The molecule has 1 N–H and O–H groups in total. The maximum absolute atomic E-state index is 12.7. The number of halogens is 1. The van der Waals surface area contributed by atoms with Gasteiger partial charge in [0.2, 0.25) is 0 Å². The highest BCUT2D eigenvalue weighted by molar-refractivity contribution is 7.98. The number of nitrogens with zero attached hydrogens (tertiary/aromatic N) is 1. The van der Waals surface area contributed by atoms with Crippen LogP contribution in [0.15, 0.2) is 33.9 Å². The Morgan fingerprint density at radius 2 is 1.90 bits per heavy atom. The van der Waals surface area contributed by atoms with E-state index in [1.807, 2.05) is 44.4 Å². The van der Waals surface area contributed by atoms with Gasteiger partial charge in [-0.2, -0.15) is 11.8 Å². The monoisotopic (exact) mass is 324 g/mol. The lowest BCUT2D eigenvalue weighted by atomic mass is 10.1. The molecule has 112 valence electrons. The number of aromatic nitrogens is 2. The van der Waals surface area contributed by atoms with Crippen molar-refractivity contribution in [1.82, 2.24) is 9.55 Å². The number of aromatic amines is 1. The average molecular weight is 325 g/mol. The van der Waals surface area contributed by atoms with Crippen molar-refractivity contribution in [3.8, 4) is 11.1 Å². The lowest BCUT2D eigenvalue weighted by molar-refractivity contribution is 0.555. The van der Waals surface area contributed by atoms with E-state index in [2.05, 4.69) is 4.98 Å². The predicted molar refractivity (Wildman–Crippen MR) is 89.6 cm³/mol. The lowest BCUT2D eigenvalue weighted by Crippen LogP contribution is -2.39. The number of nitrogens with one attached hydrogen (secondary N) is 1. The van der Waals surface area contributed by atoms with Crippen molar-refractivity contribution in [2.45, 2.75) is 19.9 Å². The smallest absolute Gasteiger partial charge is 0.297 e. The topological polar surface area (TPSA) is 54.9 Å². The van der Waals surface area contributed by atoms with Gasteiger partial charge >= 0.3 is 5.69 Å². The van der Waals surface area contributed by atoms with E-state index in [1.54, 1.807) is 11.8 Å². The van der Waals surface area contributed by atoms with Crippen LogP contribution in [0.25, 0.3) is 11.1 Å². The number of benzene rings is 1. The first-order valence-corrected chi connectivity index (χ1v) is 8.33. The van der Waals surface area contributed by atoms with Crippen LogP contribution in [0, 0.1) is 6.92 Å². The highest BCUT2D eigenvalue weighted by Gasteiger charge is 2.17. The molecule has 21 heavy (non-hydrogen) atoms. The third-order valence-electron chi connectivity index (χ3n) is 3.28. The zero-order valence-electron chi connectivity index (χ0n) is 12.1. The van der Waals surface area contributed by atoms with Gasteiger partial charge in [-0.25, -0.2) is 4.79 Å². The molecule has 0 radical (unpaired) electrons. The van der Waals surface area contributed by atoms with Crippen molar-refractivity contribution >= 4 is 23.4 Å². The summed E-state index contributed by atoms with van der Waals surface area (Å²) < 4.78 is 1.23. The minimum atomic E-state index is -0.470. The van der Waals surface area contributed by atoms with Gasteiger partial charge in [-0.15, -0.1) is 0 Å². The summed E-state index contributed by atoms with van der Waals surface area (Å²) in [6.07, 6.45) is 1.94. The molecular weight excluding hydrogens is 308 g/mol. The maximum Gasteiger partial charge on any atom is 0.329 e. The molecule has 0 aliphatic heterocycles. The molecule has 0 saturated heterocycles. The normalized spacial score (nSPS) is 12.4. The first-order chi connectivity index (χ1) is 9.95. The van der Waals surface area contributed by atoms with Gasteiger partial charge in [-0.3, -0.25) is 14.3 Å². The Labute approximate surface area is 132 Å². The molecule has 1 unspecified atom stereocenters. The fourth-order valence-electron chi connectivity index (χ4n) is 2.21. The molecule has 2 aromatic rings. The molecule has 1 aromatic heterocycles. The van der Waals surface area contributed by atoms with Crippen LogP contribution in [0.4, 0.5) is 0 Å². The maximum atomic E-state index is 12.7. The summed E-state index contributed by atoms with van der Waals surface area (Å²) in [7, 11) is 0. The molecular formula is C15H17ClN2O2S. The van der Waals surface area contributed by atoms with E-state index in [4.69, 9.17) is 11.6 Å². The fraction of sp³-hybridized carbons (Fsp3) is 0.333. The summed E-state index contributed by atoms with van der Waals surface area (Å²) >= 11 is 7.67. The summed E-state index contributed by atoms with van der Waals surface area (Å²) in [4.78, 5) is 27.3. The zero-order chi connectivity index (χ0) is 15.6. The molecule has 0 bridgehead atoms. The highest BCUT2D eigenvalue weighted by atomic mass is 35.5. The third-order valence-corrected chi connectivity index (χ3v) is 4.38. The van der Waals surface area contributed by atoms with Crippen LogP contribution in [0.2, 0.25) is 5.15 Å². The number of hydrogen-bond acceptors (Lipinski definition) is 3. The predicted octanol–water partition coefficient (Wildman–Crippen LogP) is 3.09. The Balaban J connectivity index is 2.67. The van der Waals surface area contributed by atoms with Gasteiger partial charge < -0.3 is 0 Å². The van der Waals surface area contributed by atoms with E-state index < -0.39 is 5.69 Å². The van der Waals surface area contributed by atoms with Crippen LogP contribution in [0.3, 0.4) is 0 Å². The Morgan fingerprint density at radius 1 is 1.29 bits per heavy atom. The van der Waals surface area contributed by atoms with Gasteiger partial charge in [0, 0.05) is 11.8 Å². The van der Waals surface area contributed by atoms with Crippen LogP contribution in [-0.2, 0) is 0 Å². The van der Waals surface area contributed by atoms with Crippen LogP contribution in [-0.4, -0.2) is 21.6 Å². The van der Waals surface area contributed by atoms with E-state index in [0.29, 0.717) is 16.9 Å². The molecule has 1 atom stereocenters. The van der Waals surface area contributed by atoms with Gasteiger partial charge in [-0.05, 0) is 25.7 Å². The second kappa shape index (κ2) is 6.54. The molecule has 0 aliphatic rings. The second-order valence-electron chi connectivity index (χ2n) is 4.96. The Kier molecular flexibility index (Phi) is 4.96. The van der Waals surface area contributed by atoms with E-state index in [1.165, 1.54) is 4.57 Å². The first kappa shape index (κ1) is 15.9. The standard InChI is InChI=1S/C15H17ClN2O2S/c1-9-4-6-11(7-5-9)12-13(16)17-15(20)18(14(12)19)10(2)8-21-3/h4-7,10H,8H2,1-3H3,(H,17,20). The van der Waals surface area contributed by atoms with Crippen LogP contribution >= 0.6 is 23.4 Å². The third kappa shape index (κ3) is 3.24. The minimum Gasteiger partial charge on any atom is -0.297 e. The van der Waals surface area contributed by atoms with Crippen molar-refractivity contribution < 1.29 is 0 Å². The quantitative estimate of drug-likeness (QED) is 0.879. The largest absolute Gasteiger partial charge is 0.329 e. The van der Waals surface area contributed by atoms with Gasteiger partial charge in [0.25, 0.3) is 5.56 Å². The molecule has 0 saturated carbocycles. The first-order valence-electron chi connectivity index (χ1n) is 6.56. The number of hydrogen-bond donors (Lipinski definition) is 1. The SMILES string of the molecule is CSCC(C)n1c(=O)[nH]c(Cl)c(-c2ccc(C)cc2)c1=O. The highest BCUT2D eigenvalue weighted by Crippen LogP contribution is 2.22. The number of rotatable bonds is 4. The van der Waals surface area contributed by atoms with E-state index >= 15 is 0 Å². The lowest BCUT2D eigenvalue weighted by Gasteiger charge is -2.15. The molecule has 4 nitrogen and oxygen atoms in total. The van der Waals surface area contributed by atoms with Crippen LogP contribution in [0.1, 0.15) is 18.5 Å². The van der Waals surface area contributed by atoms with Crippen molar-refractivity contribution in [1.29, 1.82) is 0 Å². The van der Waals surface area contributed by atoms with Crippen molar-refractivity contribution in [3.05, 3.63) is 55.8 Å².